The SMILES string of the molecule is CN(C[C@@](C)(CCN1CC[C@H]2CN(C(=O)OCc3ccccc3)C[C@H]2C1)c1ccccc1)S(=O)(=O)c1ccccc1. The van der Waals surface area contributed by atoms with Crippen molar-refractivity contribution in [3.8, 4) is 0 Å². The number of carbonyl (C=O) groups excluding carboxylic acids is 1. The first-order chi connectivity index (χ1) is 19.7. The zero-order valence-electron chi connectivity index (χ0n) is 24.1. The van der Waals surface area contributed by atoms with Gasteiger partial charge in [0.25, 0.3) is 0 Å². The Kier molecular flexibility index (Phi) is 9.12. The van der Waals surface area contributed by atoms with E-state index in [1.54, 1.807) is 31.3 Å². The third-order valence-electron chi connectivity index (χ3n) is 8.82. The Bertz CT molecular complexity index is 1390. The number of hydrogen-bond acceptors (Lipinski definition) is 5. The molecule has 218 valence electrons. The molecule has 3 atom stereocenters. The fraction of sp³-hybridized carbons (Fsp3) is 0.424. The predicted octanol–water partition coefficient (Wildman–Crippen LogP) is 5.25. The third-order valence-corrected chi connectivity index (χ3v) is 10.6. The zero-order valence-corrected chi connectivity index (χ0v) is 24.9. The maximum Gasteiger partial charge on any atom is 0.410 e. The molecule has 2 saturated heterocycles. The van der Waals surface area contributed by atoms with E-state index in [1.807, 2.05) is 59.5 Å². The largest absolute Gasteiger partial charge is 0.445 e. The monoisotopic (exact) mass is 575 g/mol. The molecule has 2 aliphatic heterocycles. The number of piperidine rings is 1. The van der Waals surface area contributed by atoms with E-state index < -0.39 is 10.0 Å². The van der Waals surface area contributed by atoms with Crippen LogP contribution in [-0.4, -0.2) is 74.9 Å². The number of rotatable bonds is 10. The van der Waals surface area contributed by atoms with Crippen molar-refractivity contribution >= 4 is 16.1 Å². The second-order valence-corrected chi connectivity index (χ2v) is 13.9. The summed E-state index contributed by atoms with van der Waals surface area (Å²) in [7, 11) is -1.92. The molecule has 1 amide bonds. The van der Waals surface area contributed by atoms with Gasteiger partial charge in [0.1, 0.15) is 6.61 Å². The van der Waals surface area contributed by atoms with Gasteiger partial charge in [0.2, 0.25) is 10.0 Å². The Balaban J connectivity index is 1.20. The van der Waals surface area contributed by atoms with Crippen LogP contribution in [0.15, 0.2) is 95.9 Å². The molecule has 3 aromatic carbocycles. The lowest BCUT2D eigenvalue weighted by Crippen LogP contribution is -2.45. The molecular weight excluding hydrogens is 534 g/mol. The molecule has 0 radical (unpaired) electrons. The van der Waals surface area contributed by atoms with Crippen molar-refractivity contribution < 1.29 is 17.9 Å². The van der Waals surface area contributed by atoms with Crippen LogP contribution in [0.3, 0.4) is 0 Å². The molecule has 3 aromatic rings. The number of likely N-dealkylation sites (N-methyl/N-ethyl adjacent to an activating group) is 1. The molecule has 0 unspecified atom stereocenters. The van der Waals surface area contributed by atoms with Crippen molar-refractivity contribution in [1.29, 1.82) is 0 Å². The molecule has 0 saturated carbocycles. The van der Waals surface area contributed by atoms with E-state index in [9.17, 15) is 13.2 Å². The molecule has 7 nitrogen and oxygen atoms in total. The van der Waals surface area contributed by atoms with Crippen LogP contribution in [0.4, 0.5) is 4.79 Å². The lowest BCUT2D eigenvalue weighted by atomic mass is 9.78. The molecule has 2 fully saturated rings. The summed E-state index contributed by atoms with van der Waals surface area (Å²) in [5.41, 5.74) is 1.77. The van der Waals surface area contributed by atoms with Crippen LogP contribution < -0.4 is 0 Å². The van der Waals surface area contributed by atoms with Gasteiger partial charge in [-0.3, -0.25) is 0 Å². The minimum Gasteiger partial charge on any atom is -0.445 e. The van der Waals surface area contributed by atoms with Gasteiger partial charge in [-0.25, -0.2) is 17.5 Å². The number of ether oxygens (including phenoxy) is 1. The number of amides is 1. The number of carbonyl (C=O) groups is 1. The average Bonchev–Trinajstić information content (AvgIpc) is 3.44. The van der Waals surface area contributed by atoms with E-state index in [0.717, 1.165) is 56.7 Å². The summed E-state index contributed by atoms with van der Waals surface area (Å²) in [5, 5.41) is 0. The Hall–Kier alpha value is -3.20. The second-order valence-electron chi connectivity index (χ2n) is 11.8. The Morgan fingerprint density at radius 3 is 2.20 bits per heavy atom. The van der Waals surface area contributed by atoms with Gasteiger partial charge in [-0.2, -0.15) is 0 Å². The number of nitrogens with zero attached hydrogens (tertiary/aromatic N) is 3. The third kappa shape index (κ3) is 7.00. The first-order valence-electron chi connectivity index (χ1n) is 14.5. The minimum atomic E-state index is -3.60. The van der Waals surface area contributed by atoms with Gasteiger partial charge in [-0.15, -0.1) is 0 Å². The smallest absolute Gasteiger partial charge is 0.410 e. The van der Waals surface area contributed by atoms with E-state index in [1.165, 1.54) is 4.31 Å². The van der Waals surface area contributed by atoms with Crippen LogP contribution in [0.25, 0.3) is 0 Å². The van der Waals surface area contributed by atoms with Crippen LogP contribution in [0.1, 0.15) is 30.9 Å². The molecule has 0 aromatic heterocycles. The van der Waals surface area contributed by atoms with Crippen molar-refractivity contribution in [3.63, 3.8) is 0 Å². The molecule has 8 heteroatoms. The molecule has 2 aliphatic rings. The summed E-state index contributed by atoms with van der Waals surface area (Å²) >= 11 is 0. The number of benzene rings is 3. The second kappa shape index (κ2) is 12.8. The van der Waals surface area contributed by atoms with Crippen LogP contribution in [0.5, 0.6) is 0 Å². The topological polar surface area (TPSA) is 70.2 Å². The zero-order chi connectivity index (χ0) is 28.9. The van der Waals surface area contributed by atoms with E-state index in [2.05, 4.69) is 24.0 Å². The lowest BCUT2D eigenvalue weighted by Gasteiger charge is -2.39. The van der Waals surface area contributed by atoms with E-state index in [-0.39, 0.29) is 11.5 Å². The summed E-state index contributed by atoms with van der Waals surface area (Å²) in [6, 6.07) is 28.7. The van der Waals surface area contributed by atoms with E-state index in [4.69, 9.17) is 4.74 Å². The number of sulfonamides is 1. The van der Waals surface area contributed by atoms with Crippen LogP contribution in [0.2, 0.25) is 0 Å². The minimum absolute atomic E-state index is 0.228. The molecule has 41 heavy (non-hydrogen) atoms. The average molecular weight is 576 g/mol. The summed E-state index contributed by atoms with van der Waals surface area (Å²) in [6.45, 7) is 7.13. The maximum atomic E-state index is 13.4. The van der Waals surface area contributed by atoms with Crippen LogP contribution in [0, 0.1) is 11.8 Å². The quantitative estimate of drug-likeness (QED) is 0.331. The number of hydrogen-bond donors (Lipinski definition) is 0. The first-order valence-corrected chi connectivity index (χ1v) is 15.9. The summed E-state index contributed by atoms with van der Waals surface area (Å²) in [6.07, 6.45) is 1.65. The molecule has 0 N–H and O–H groups in total. The van der Waals surface area contributed by atoms with Crippen molar-refractivity contribution in [2.75, 3.05) is 46.3 Å². The van der Waals surface area contributed by atoms with Gasteiger partial charge in [-0.1, -0.05) is 85.8 Å². The highest BCUT2D eigenvalue weighted by Gasteiger charge is 2.40. The van der Waals surface area contributed by atoms with Crippen molar-refractivity contribution in [2.24, 2.45) is 11.8 Å². The first kappa shape index (κ1) is 29.3. The number of fused-ring (bicyclic) bond motifs is 1. The Labute approximate surface area is 244 Å². The summed E-state index contributed by atoms with van der Waals surface area (Å²) in [4.78, 5) is 17.5. The number of likely N-dealkylation sites (tertiary alicyclic amines) is 2. The molecule has 0 bridgehead atoms. The van der Waals surface area contributed by atoms with Crippen LogP contribution in [-0.2, 0) is 26.8 Å². The highest BCUT2D eigenvalue weighted by Crippen LogP contribution is 2.34. The highest BCUT2D eigenvalue weighted by molar-refractivity contribution is 7.89. The van der Waals surface area contributed by atoms with Gasteiger partial charge in [0.15, 0.2) is 0 Å². The van der Waals surface area contributed by atoms with Crippen molar-refractivity contribution in [3.05, 3.63) is 102 Å². The van der Waals surface area contributed by atoms with Gasteiger partial charge >= 0.3 is 6.09 Å². The van der Waals surface area contributed by atoms with Gasteiger partial charge in [0, 0.05) is 38.6 Å². The Morgan fingerprint density at radius 1 is 0.902 bits per heavy atom. The van der Waals surface area contributed by atoms with E-state index in [0.29, 0.717) is 29.9 Å². The van der Waals surface area contributed by atoms with Crippen molar-refractivity contribution in [2.45, 2.75) is 36.7 Å². The van der Waals surface area contributed by atoms with Gasteiger partial charge in [-0.05, 0) is 61.0 Å². The van der Waals surface area contributed by atoms with Crippen molar-refractivity contribution in [1.82, 2.24) is 14.1 Å². The molecule has 0 spiro atoms. The summed E-state index contributed by atoms with van der Waals surface area (Å²) in [5.74, 6) is 0.926. The highest BCUT2D eigenvalue weighted by atomic mass is 32.2. The Morgan fingerprint density at radius 2 is 1.51 bits per heavy atom. The molecule has 0 aliphatic carbocycles. The fourth-order valence-corrected chi connectivity index (χ4v) is 7.63. The molecular formula is C33H41N3O4S. The lowest BCUT2D eigenvalue weighted by molar-refractivity contribution is 0.102. The van der Waals surface area contributed by atoms with Crippen LogP contribution >= 0.6 is 0 Å². The normalized spacial score (nSPS) is 20.9. The standard InChI is InChI=1S/C33H41N3O4S/c1-33(30-14-8-4-9-15-30,26-34(2)41(38,39)31-16-10-5-11-17-31)19-21-35-20-18-28-23-36(24-29(28)22-35)32(37)40-25-27-12-6-3-7-13-27/h3-17,28-29H,18-26H2,1-2H3/t28-,29+,33+/m0/s1. The molecule has 5 rings (SSSR count). The van der Waals surface area contributed by atoms with Gasteiger partial charge in [0.05, 0.1) is 4.90 Å². The predicted molar refractivity (Wildman–Crippen MR) is 161 cm³/mol. The fourth-order valence-electron chi connectivity index (χ4n) is 6.32. The van der Waals surface area contributed by atoms with E-state index >= 15 is 0 Å². The maximum absolute atomic E-state index is 13.4. The molecule has 2 heterocycles. The van der Waals surface area contributed by atoms with Gasteiger partial charge < -0.3 is 14.5 Å². The summed E-state index contributed by atoms with van der Waals surface area (Å²) < 4.78 is 33.8.